The van der Waals surface area contributed by atoms with Gasteiger partial charge in [0.25, 0.3) is 0 Å². The molecule has 0 aliphatic rings. The Morgan fingerprint density at radius 2 is 1.76 bits per heavy atom. The molecule has 0 spiro atoms. The van der Waals surface area contributed by atoms with Crippen molar-refractivity contribution in [1.29, 1.82) is 0 Å². The second-order valence-corrected chi connectivity index (χ2v) is 11.8. The molecule has 0 amide bonds. The predicted molar refractivity (Wildman–Crippen MR) is 77.7 cm³/mol. The van der Waals surface area contributed by atoms with E-state index in [1.54, 1.807) is 12.1 Å². The van der Waals surface area contributed by atoms with Crippen LogP contribution in [0, 0.1) is 5.82 Å². The maximum absolute atomic E-state index is 13.3. The van der Waals surface area contributed by atoms with Crippen LogP contribution in [-0.4, -0.2) is 19.8 Å². The van der Waals surface area contributed by atoms with Crippen molar-refractivity contribution < 1.29 is 4.39 Å². The summed E-state index contributed by atoms with van der Waals surface area (Å²) in [6.45, 7) is 6.83. The molecule has 0 unspecified atom stereocenters. The van der Waals surface area contributed by atoms with Gasteiger partial charge in [-0.05, 0) is 23.7 Å². The highest BCUT2D eigenvalue weighted by molar-refractivity contribution is 6.76. The van der Waals surface area contributed by atoms with E-state index in [1.165, 1.54) is 6.07 Å². The van der Waals surface area contributed by atoms with Crippen LogP contribution in [0.3, 0.4) is 0 Å². The molecule has 96 valence electrons. The van der Waals surface area contributed by atoms with Gasteiger partial charge >= 0.3 is 0 Å². The van der Waals surface area contributed by atoms with Crippen molar-refractivity contribution in [2.24, 2.45) is 0 Å². The highest BCUT2D eigenvalue weighted by Gasteiger charge is 2.35. The van der Waals surface area contributed by atoms with Gasteiger partial charge in [-0.25, -0.2) is 4.39 Å². The summed E-state index contributed by atoms with van der Waals surface area (Å²) in [4.78, 5) is 0. The van der Waals surface area contributed by atoms with Crippen LogP contribution in [0.1, 0.15) is 5.56 Å². The van der Waals surface area contributed by atoms with Crippen molar-refractivity contribution in [3.63, 3.8) is 0 Å². The molecule has 0 N–H and O–H groups in total. The Morgan fingerprint density at radius 1 is 1.18 bits per heavy atom. The van der Waals surface area contributed by atoms with E-state index in [-0.39, 0.29) is 11.2 Å². The second-order valence-electron chi connectivity index (χ2n) is 5.80. The summed E-state index contributed by atoms with van der Waals surface area (Å²) in [6, 6.07) is 7.63. The van der Waals surface area contributed by atoms with Gasteiger partial charge in [-0.2, -0.15) is 0 Å². The zero-order chi connectivity index (χ0) is 13.1. The lowest BCUT2D eigenvalue weighted by molar-refractivity contribution is 0.576. The monoisotopic (exact) mass is 292 g/mol. The Labute approximate surface area is 114 Å². The van der Waals surface area contributed by atoms with Crippen molar-refractivity contribution >= 4 is 31.3 Å². The molecule has 0 bridgehead atoms. The number of hydrogen-bond acceptors (Lipinski definition) is 0. The van der Waals surface area contributed by atoms with Gasteiger partial charge in [0, 0.05) is 25.2 Å². The average Bonchev–Trinajstić information content (AvgIpc) is 2.25. The van der Waals surface area contributed by atoms with Crippen LogP contribution in [0.5, 0.6) is 0 Å². The standard InChI is InChI=1S/C13H19Cl2FSi/c1-17(2,3)10-13(8-14,9-15)11-5-4-6-12(16)7-11/h4-7H,8-10H2,1-3H3. The van der Waals surface area contributed by atoms with Crippen molar-refractivity contribution in [1.82, 2.24) is 0 Å². The van der Waals surface area contributed by atoms with Gasteiger partial charge in [-0.3, -0.25) is 0 Å². The van der Waals surface area contributed by atoms with Crippen LogP contribution in [0.25, 0.3) is 0 Å². The Kier molecular flexibility index (Phi) is 5.05. The lowest BCUT2D eigenvalue weighted by Gasteiger charge is -2.35. The summed E-state index contributed by atoms with van der Waals surface area (Å²) in [5.74, 6) is 0.645. The van der Waals surface area contributed by atoms with Gasteiger partial charge in [-0.1, -0.05) is 31.8 Å². The Bertz CT molecular complexity index is 370. The van der Waals surface area contributed by atoms with Crippen LogP contribution < -0.4 is 0 Å². The molecule has 0 heterocycles. The Hall–Kier alpha value is -0.0531. The van der Waals surface area contributed by atoms with E-state index in [0.29, 0.717) is 11.8 Å². The number of alkyl halides is 2. The quantitative estimate of drug-likeness (QED) is 0.536. The average molecular weight is 293 g/mol. The number of benzene rings is 1. The minimum Gasteiger partial charge on any atom is -0.207 e. The highest BCUT2D eigenvalue weighted by Crippen LogP contribution is 2.36. The molecule has 1 aromatic carbocycles. The Balaban J connectivity index is 3.15. The minimum absolute atomic E-state index is 0.224. The van der Waals surface area contributed by atoms with Crippen molar-refractivity contribution in [3.05, 3.63) is 35.6 Å². The van der Waals surface area contributed by atoms with Crippen molar-refractivity contribution in [2.45, 2.75) is 31.1 Å². The van der Waals surface area contributed by atoms with Crippen LogP contribution >= 0.6 is 23.2 Å². The molecule has 4 heteroatoms. The summed E-state index contributed by atoms with van der Waals surface area (Å²) < 4.78 is 13.3. The molecule has 0 atom stereocenters. The molecule has 0 radical (unpaired) electrons. The van der Waals surface area contributed by atoms with Crippen LogP contribution in [-0.2, 0) is 5.41 Å². The SMILES string of the molecule is C[Si](C)(C)CC(CCl)(CCl)c1cccc(F)c1. The lowest BCUT2D eigenvalue weighted by Crippen LogP contribution is -2.39. The van der Waals surface area contributed by atoms with Gasteiger partial charge in [0.2, 0.25) is 0 Å². The van der Waals surface area contributed by atoms with E-state index < -0.39 is 8.07 Å². The second kappa shape index (κ2) is 5.72. The van der Waals surface area contributed by atoms with Crippen LogP contribution in [0.15, 0.2) is 24.3 Å². The van der Waals surface area contributed by atoms with E-state index in [2.05, 4.69) is 19.6 Å². The summed E-state index contributed by atoms with van der Waals surface area (Å²) in [5.41, 5.74) is 0.625. The normalized spacial score (nSPS) is 12.8. The largest absolute Gasteiger partial charge is 0.207 e. The number of halogens is 3. The van der Waals surface area contributed by atoms with Gasteiger partial charge in [-0.15, -0.1) is 23.2 Å². The predicted octanol–water partition coefficient (Wildman–Crippen LogP) is 4.88. The molecule has 17 heavy (non-hydrogen) atoms. The molecule has 1 aromatic rings. The van der Waals surface area contributed by atoms with Gasteiger partial charge in [0.15, 0.2) is 0 Å². The topological polar surface area (TPSA) is 0 Å². The fraction of sp³-hybridized carbons (Fsp3) is 0.538. The minimum atomic E-state index is -1.33. The molecule has 0 aliphatic heterocycles. The van der Waals surface area contributed by atoms with E-state index >= 15 is 0 Å². The van der Waals surface area contributed by atoms with E-state index in [0.717, 1.165) is 11.6 Å². The van der Waals surface area contributed by atoms with Gasteiger partial charge in [0.05, 0.1) is 0 Å². The first-order valence-corrected chi connectivity index (χ1v) is 10.5. The highest BCUT2D eigenvalue weighted by atomic mass is 35.5. The summed E-state index contributed by atoms with van der Waals surface area (Å²) in [7, 11) is -1.33. The number of hydrogen-bond donors (Lipinski definition) is 0. The fourth-order valence-electron chi connectivity index (χ4n) is 2.22. The van der Waals surface area contributed by atoms with Gasteiger partial charge in [0.1, 0.15) is 5.82 Å². The smallest absolute Gasteiger partial charge is 0.123 e. The first-order chi connectivity index (χ1) is 7.83. The summed E-state index contributed by atoms with van der Waals surface area (Å²) in [5, 5.41) is 0. The zero-order valence-corrected chi connectivity index (χ0v) is 13.1. The molecule has 0 fully saturated rings. The van der Waals surface area contributed by atoms with Crippen LogP contribution in [0.2, 0.25) is 25.7 Å². The van der Waals surface area contributed by atoms with Gasteiger partial charge < -0.3 is 0 Å². The molecule has 1 rings (SSSR count). The van der Waals surface area contributed by atoms with E-state index in [1.807, 2.05) is 6.07 Å². The van der Waals surface area contributed by atoms with E-state index in [4.69, 9.17) is 23.2 Å². The zero-order valence-electron chi connectivity index (χ0n) is 10.6. The molecule has 0 saturated carbocycles. The van der Waals surface area contributed by atoms with Crippen LogP contribution in [0.4, 0.5) is 4.39 Å². The van der Waals surface area contributed by atoms with Crippen molar-refractivity contribution in [3.8, 4) is 0 Å². The van der Waals surface area contributed by atoms with Crippen molar-refractivity contribution in [2.75, 3.05) is 11.8 Å². The first-order valence-electron chi connectivity index (χ1n) is 5.71. The molecule has 0 nitrogen and oxygen atoms in total. The maximum Gasteiger partial charge on any atom is 0.123 e. The summed E-state index contributed by atoms with van der Waals surface area (Å²) in [6.07, 6.45) is 0. The molecule has 0 aliphatic carbocycles. The fourth-order valence-corrected chi connectivity index (χ4v) is 5.80. The third-order valence-electron chi connectivity index (χ3n) is 2.82. The Morgan fingerprint density at radius 3 is 2.18 bits per heavy atom. The summed E-state index contributed by atoms with van der Waals surface area (Å²) >= 11 is 12.3. The first kappa shape index (κ1) is 15.0. The van der Waals surface area contributed by atoms with E-state index in [9.17, 15) is 4.39 Å². The molecule has 0 aromatic heterocycles. The molecular formula is C13H19Cl2FSi. The molecular weight excluding hydrogens is 274 g/mol. The third kappa shape index (κ3) is 3.97. The lowest BCUT2D eigenvalue weighted by atomic mass is 9.86. The molecule has 0 saturated heterocycles. The number of rotatable bonds is 5. The maximum atomic E-state index is 13.3. The third-order valence-corrected chi connectivity index (χ3v) is 5.58.